The Bertz CT molecular complexity index is 659. The lowest BCUT2D eigenvalue weighted by atomic mass is 10.00. The van der Waals surface area contributed by atoms with Gasteiger partial charge in [-0.15, -0.1) is 0 Å². The average Bonchev–Trinajstić information content (AvgIpc) is 3.18. The zero-order chi connectivity index (χ0) is 17.1. The smallest absolute Gasteiger partial charge is 0.338 e. The predicted octanol–water partition coefficient (Wildman–Crippen LogP) is 1.85. The van der Waals surface area contributed by atoms with E-state index in [1.165, 1.54) is 0 Å². The lowest BCUT2D eigenvalue weighted by Crippen LogP contribution is -2.48. The van der Waals surface area contributed by atoms with Gasteiger partial charge >= 0.3 is 12.0 Å². The molecule has 0 radical (unpaired) electrons. The molecule has 1 fully saturated rings. The molecule has 130 valence electrons. The fourth-order valence-corrected chi connectivity index (χ4v) is 3.18. The topological polar surface area (TPSA) is 83.8 Å². The van der Waals surface area contributed by atoms with Gasteiger partial charge in [0.25, 0.3) is 0 Å². The quantitative estimate of drug-likeness (QED) is 0.804. The molecule has 3 rings (SSSR count). The van der Waals surface area contributed by atoms with Crippen LogP contribution in [-0.2, 0) is 9.53 Å². The number of nitrogens with zero attached hydrogens (tertiary/aromatic N) is 1. The molecule has 24 heavy (non-hydrogen) atoms. The van der Waals surface area contributed by atoms with Gasteiger partial charge in [0.15, 0.2) is 0 Å². The van der Waals surface area contributed by atoms with E-state index in [4.69, 9.17) is 9.15 Å². The SMILES string of the molecule is CCOC(=O)C1=C(CN2CCCC2)NC(=O)NC1c1ccc(C)o1. The van der Waals surface area contributed by atoms with E-state index in [0.29, 0.717) is 23.6 Å². The standard InChI is InChI=1S/C17H23N3O4/c1-3-23-16(21)14-12(10-20-8-4-5-9-20)18-17(22)19-15(14)13-7-6-11(2)24-13/h6-7,15H,3-5,8-10H2,1-2H3,(H2,18,19,22). The number of ether oxygens (including phenoxy) is 1. The van der Waals surface area contributed by atoms with Crippen LogP contribution in [-0.4, -0.2) is 43.1 Å². The normalized spacial score (nSPS) is 21.6. The van der Waals surface area contributed by atoms with Gasteiger partial charge in [-0.05, 0) is 51.9 Å². The Balaban J connectivity index is 1.97. The molecule has 0 bridgehead atoms. The molecular formula is C17H23N3O4. The van der Waals surface area contributed by atoms with Crippen molar-refractivity contribution >= 4 is 12.0 Å². The van der Waals surface area contributed by atoms with Crippen molar-refractivity contribution in [3.63, 3.8) is 0 Å². The molecule has 3 heterocycles. The molecule has 0 aromatic carbocycles. The van der Waals surface area contributed by atoms with Crippen LogP contribution in [0.15, 0.2) is 27.8 Å². The van der Waals surface area contributed by atoms with Gasteiger partial charge in [-0.2, -0.15) is 0 Å². The van der Waals surface area contributed by atoms with Gasteiger partial charge in [0.2, 0.25) is 0 Å². The second-order valence-electron chi connectivity index (χ2n) is 6.08. The molecule has 1 saturated heterocycles. The van der Waals surface area contributed by atoms with E-state index in [1.807, 2.05) is 13.0 Å². The highest BCUT2D eigenvalue weighted by Crippen LogP contribution is 2.29. The third-order valence-electron chi connectivity index (χ3n) is 4.28. The van der Waals surface area contributed by atoms with Crippen LogP contribution in [0.1, 0.15) is 37.3 Å². The summed E-state index contributed by atoms with van der Waals surface area (Å²) in [6.45, 7) is 6.32. The van der Waals surface area contributed by atoms with Crippen molar-refractivity contribution in [2.24, 2.45) is 0 Å². The summed E-state index contributed by atoms with van der Waals surface area (Å²) in [5.41, 5.74) is 1.01. The van der Waals surface area contributed by atoms with Gasteiger partial charge in [0, 0.05) is 12.2 Å². The van der Waals surface area contributed by atoms with Crippen molar-refractivity contribution in [1.82, 2.24) is 15.5 Å². The molecule has 7 nitrogen and oxygen atoms in total. The van der Waals surface area contributed by atoms with Gasteiger partial charge in [0.05, 0.1) is 12.2 Å². The van der Waals surface area contributed by atoms with Crippen LogP contribution >= 0.6 is 0 Å². The summed E-state index contributed by atoms with van der Waals surface area (Å²) in [4.78, 5) is 26.9. The number of amides is 2. The second-order valence-corrected chi connectivity index (χ2v) is 6.08. The molecule has 0 spiro atoms. The summed E-state index contributed by atoms with van der Waals surface area (Å²) < 4.78 is 10.9. The number of nitrogens with one attached hydrogen (secondary N) is 2. The number of urea groups is 1. The number of carbonyl (C=O) groups is 2. The predicted molar refractivity (Wildman–Crippen MR) is 87.2 cm³/mol. The zero-order valence-corrected chi connectivity index (χ0v) is 14.1. The van der Waals surface area contributed by atoms with Gasteiger partial charge in [0.1, 0.15) is 17.6 Å². The third kappa shape index (κ3) is 3.46. The van der Waals surface area contributed by atoms with Crippen molar-refractivity contribution < 1.29 is 18.7 Å². The van der Waals surface area contributed by atoms with Crippen LogP contribution in [0.4, 0.5) is 4.79 Å². The van der Waals surface area contributed by atoms with Gasteiger partial charge in [-0.25, -0.2) is 9.59 Å². The second kappa shape index (κ2) is 7.09. The van der Waals surface area contributed by atoms with E-state index in [1.54, 1.807) is 13.0 Å². The molecule has 2 aliphatic rings. The molecule has 2 aliphatic heterocycles. The first kappa shape index (κ1) is 16.6. The van der Waals surface area contributed by atoms with Crippen molar-refractivity contribution in [3.05, 3.63) is 34.9 Å². The highest BCUT2D eigenvalue weighted by Gasteiger charge is 2.36. The Morgan fingerprint density at radius 2 is 2.12 bits per heavy atom. The Labute approximate surface area is 141 Å². The van der Waals surface area contributed by atoms with Crippen LogP contribution in [0, 0.1) is 6.92 Å². The number of aryl methyl sites for hydroxylation is 1. The van der Waals surface area contributed by atoms with Crippen LogP contribution in [0.5, 0.6) is 0 Å². The maximum absolute atomic E-state index is 12.5. The molecular weight excluding hydrogens is 310 g/mol. The summed E-state index contributed by atoms with van der Waals surface area (Å²) in [5, 5.41) is 5.55. The number of carbonyl (C=O) groups excluding carboxylic acids is 2. The summed E-state index contributed by atoms with van der Waals surface area (Å²) in [5.74, 6) is 0.824. The molecule has 2 amide bonds. The van der Waals surface area contributed by atoms with Crippen LogP contribution in [0.25, 0.3) is 0 Å². The Kier molecular flexibility index (Phi) is 4.89. The first-order valence-electron chi connectivity index (χ1n) is 8.35. The maximum Gasteiger partial charge on any atom is 0.338 e. The molecule has 7 heteroatoms. The number of likely N-dealkylation sites (tertiary alicyclic amines) is 1. The average molecular weight is 333 g/mol. The molecule has 1 unspecified atom stereocenters. The zero-order valence-electron chi connectivity index (χ0n) is 14.1. The first-order valence-corrected chi connectivity index (χ1v) is 8.35. The number of hydrogen-bond acceptors (Lipinski definition) is 5. The molecule has 1 aromatic rings. The number of esters is 1. The molecule has 1 atom stereocenters. The lowest BCUT2D eigenvalue weighted by Gasteiger charge is -2.29. The fraction of sp³-hybridized carbons (Fsp3) is 0.529. The highest BCUT2D eigenvalue weighted by atomic mass is 16.5. The van der Waals surface area contributed by atoms with E-state index < -0.39 is 12.0 Å². The van der Waals surface area contributed by atoms with Crippen molar-refractivity contribution in [3.8, 4) is 0 Å². The Morgan fingerprint density at radius 3 is 2.75 bits per heavy atom. The monoisotopic (exact) mass is 333 g/mol. The maximum atomic E-state index is 12.5. The van der Waals surface area contributed by atoms with Crippen LogP contribution < -0.4 is 10.6 Å². The minimum Gasteiger partial charge on any atom is -0.464 e. The molecule has 0 saturated carbocycles. The van der Waals surface area contributed by atoms with Crippen molar-refractivity contribution in [1.29, 1.82) is 0 Å². The van der Waals surface area contributed by atoms with Gasteiger partial charge < -0.3 is 19.8 Å². The molecule has 2 N–H and O–H groups in total. The Morgan fingerprint density at radius 1 is 1.38 bits per heavy atom. The van der Waals surface area contributed by atoms with E-state index in [0.717, 1.165) is 31.7 Å². The van der Waals surface area contributed by atoms with E-state index >= 15 is 0 Å². The number of rotatable bonds is 5. The molecule has 1 aromatic heterocycles. The van der Waals surface area contributed by atoms with Crippen LogP contribution in [0.2, 0.25) is 0 Å². The van der Waals surface area contributed by atoms with Gasteiger partial charge in [-0.3, -0.25) is 4.90 Å². The van der Waals surface area contributed by atoms with E-state index in [9.17, 15) is 9.59 Å². The van der Waals surface area contributed by atoms with E-state index in [-0.39, 0.29) is 12.6 Å². The summed E-state index contributed by atoms with van der Waals surface area (Å²) in [6.07, 6.45) is 2.27. The van der Waals surface area contributed by atoms with Crippen molar-refractivity contribution in [2.45, 2.75) is 32.7 Å². The minimum absolute atomic E-state index is 0.275. The summed E-state index contributed by atoms with van der Waals surface area (Å²) >= 11 is 0. The fourth-order valence-electron chi connectivity index (χ4n) is 3.18. The third-order valence-corrected chi connectivity index (χ3v) is 4.28. The highest BCUT2D eigenvalue weighted by molar-refractivity contribution is 5.95. The first-order chi connectivity index (χ1) is 11.6. The number of hydrogen-bond donors (Lipinski definition) is 2. The van der Waals surface area contributed by atoms with Crippen molar-refractivity contribution in [2.75, 3.05) is 26.2 Å². The largest absolute Gasteiger partial charge is 0.464 e. The minimum atomic E-state index is -0.635. The lowest BCUT2D eigenvalue weighted by molar-refractivity contribution is -0.139. The van der Waals surface area contributed by atoms with Gasteiger partial charge in [-0.1, -0.05) is 0 Å². The summed E-state index contributed by atoms with van der Waals surface area (Å²) in [6, 6.07) is 2.62. The number of furan rings is 1. The summed E-state index contributed by atoms with van der Waals surface area (Å²) in [7, 11) is 0. The molecule has 0 aliphatic carbocycles. The van der Waals surface area contributed by atoms with Crippen LogP contribution in [0.3, 0.4) is 0 Å². The Hall–Kier alpha value is -2.28. The van der Waals surface area contributed by atoms with E-state index in [2.05, 4.69) is 15.5 Å².